The van der Waals surface area contributed by atoms with Gasteiger partial charge in [-0.15, -0.1) is 0 Å². The van der Waals surface area contributed by atoms with Crippen molar-refractivity contribution in [3.8, 4) is 0 Å². The predicted molar refractivity (Wildman–Crippen MR) is 54.8 cm³/mol. The van der Waals surface area contributed by atoms with Crippen LogP contribution in [0.25, 0.3) is 0 Å². The molecule has 1 fully saturated rings. The second-order valence-corrected chi connectivity index (χ2v) is 9.88. The smallest absolute Gasteiger partial charge is 0.0530 e. The van der Waals surface area contributed by atoms with Crippen molar-refractivity contribution in [1.82, 2.24) is 0 Å². The lowest BCUT2D eigenvalue weighted by atomic mass is 10.4. The third-order valence-electron chi connectivity index (χ3n) is 3.96. The van der Waals surface area contributed by atoms with Gasteiger partial charge in [-0.3, -0.25) is 0 Å². The summed E-state index contributed by atoms with van der Waals surface area (Å²) in [6.07, 6.45) is 6.16. The van der Waals surface area contributed by atoms with Crippen molar-refractivity contribution in [3.63, 3.8) is 0 Å². The normalized spacial score (nSPS) is 21.0. The summed E-state index contributed by atoms with van der Waals surface area (Å²) in [5, 5.41) is 0. The first-order valence-corrected chi connectivity index (χ1v) is 8.22. The van der Waals surface area contributed by atoms with Crippen LogP contribution in [0.15, 0.2) is 0 Å². The summed E-state index contributed by atoms with van der Waals surface area (Å²) in [5.74, 6) is 0. The third kappa shape index (κ3) is 1.87. The summed E-state index contributed by atoms with van der Waals surface area (Å²) in [5.41, 5.74) is 1.18. The minimum absolute atomic E-state index is 0.764. The van der Waals surface area contributed by atoms with Gasteiger partial charge in [0.15, 0.2) is 0 Å². The molecule has 0 unspecified atom stereocenters. The van der Waals surface area contributed by atoms with E-state index in [-0.39, 0.29) is 0 Å². The monoisotopic (exact) mass is 170 g/mol. The van der Waals surface area contributed by atoms with Crippen LogP contribution in [0.1, 0.15) is 39.5 Å². The first kappa shape index (κ1) is 9.31. The molecule has 1 heteroatoms. The number of hydrogen-bond donors (Lipinski definition) is 0. The van der Waals surface area contributed by atoms with Crippen LogP contribution in [0.5, 0.6) is 0 Å². The number of rotatable bonds is 3. The Morgan fingerprint density at radius 2 is 1.55 bits per heavy atom. The fourth-order valence-corrected chi connectivity index (χ4v) is 5.91. The molecular formula is C10H22Si. The van der Waals surface area contributed by atoms with Crippen LogP contribution in [0.3, 0.4) is 0 Å². The summed E-state index contributed by atoms with van der Waals surface area (Å²) in [6, 6.07) is 3.02. The SMILES string of the molecule is CC[Si](C)(CC)C1CCCC1. The molecule has 11 heavy (non-hydrogen) atoms. The van der Waals surface area contributed by atoms with Crippen LogP contribution in [-0.4, -0.2) is 8.07 Å². The number of hydrogen-bond acceptors (Lipinski definition) is 0. The van der Waals surface area contributed by atoms with Gasteiger partial charge in [-0.25, -0.2) is 0 Å². The fraction of sp³-hybridized carbons (Fsp3) is 1.00. The molecule has 1 aliphatic carbocycles. The van der Waals surface area contributed by atoms with E-state index in [1.54, 1.807) is 12.8 Å². The highest BCUT2D eigenvalue weighted by molar-refractivity contribution is 6.79. The largest absolute Gasteiger partial charge is 0.0690 e. The van der Waals surface area contributed by atoms with E-state index < -0.39 is 8.07 Å². The van der Waals surface area contributed by atoms with Gasteiger partial charge in [0.1, 0.15) is 0 Å². The molecule has 1 aliphatic rings. The molecule has 0 saturated heterocycles. The maximum absolute atomic E-state index is 2.61. The van der Waals surface area contributed by atoms with Gasteiger partial charge in [0.05, 0.1) is 8.07 Å². The van der Waals surface area contributed by atoms with E-state index in [4.69, 9.17) is 0 Å². The van der Waals surface area contributed by atoms with Crippen molar-refractivity contribution in [2.75, 3.05) is 0 Å². The van der Waals surface area contributed by atoms with E-state index in [9.17, 15) is 0 Å². The van der Waals surface area contributed by atoms with Gasteiger partial charge in [0, 0.05) is 0 Å². The molecule has 0 bridgehead atoms. The lowest BCUT2D eigenvalue weighted by Crippen LogP contribution is -2.32. The average molecular weight is 170 g/mol. The molecule has 0 amide bonds. The maximum Gasteiger partial charge on any atom is 0.0530 e. The van der Waals surface area contributed by atoms with Crippen LogP contribution in [0, 0.1) is 0 Å². The predicted octanol–water partition coefficient (Wildman–Crippen LogP) is 4.05. The molecule has 0 spiro atoms. The van der Waals surface area contributed by atoms with Crippen molar-refractivity contribution >= 4 is 8.07 Å². The Hall–Kier alpha value is 0.217. The minimum atomic E-state index is -0.764. The van der Waals surface area contributed by atoms with Crippen LogP contribution in [-0.2, 0) is 0 Å². The van der Waals surface area contributed by atoms with Crippen LogP contribution >= 0.6 is 0 Å². The molecule has 0 aromatic rings. The quantitative estimate of drug-likeness (QED) is 0.561. The zero-order valence-electron chi connectivity index (χ0n) is 8.32. The molecule has 0 radical (unpaired) electrons. The van der Waals surface area contributed by atoms with Crippen molar-refractivity contribution in [1.29, 1.82) is 0 Å². The van der Waals surface area contributed by atoms with Gasteiger partial charge < -0.3 is 0 Å². The first-order valence-electron chi connectivity index (χ1n) is 5.23. The zero-order chi connectivity index (χ0) is 8.32. The molecule has 0 aromatic carbocycles. The standard InChI is InChI=1S/C10H22Si/c1-4-11(3,5-2)10-8-6-7-9-10/h10H,4-9H2,1-3H3. The van der Waals surface area contributed by atoms with Gasteiger partial charge in [-0.1, -0.05) is 58.2 Å². The first-order chi connectivity index (χ1) is 5.23. The van der Waals surface area contributed by atoms with Crippen LogP contribution in [0.4, 0.5) is 0 Å². The zero-order valence-corrected chi connectivity index (χ0v) is 9.32. The van der Waals surface area contributed by atoms with E-state index in [2.05, 4.69) is 20.4 Å². The molecule has 1 rings (SSSR count). The summed E-state index contributed by atoms with van der Waals surface area (Å²) in [6.45, 7) is 7.44. The highest BCUT2D eigenvalue weighted by Crippen LogP contribution is 2.42. The molecule has 0 aromatic heterocycles. The molecule has 66 valence electrons. The Morgan fingerprint density at radius 1 is 1.09 bits per heavy atom. The summed E-state index contributed by atoms with van der Waals surface area (Å²) < 4.78 is 0. The molecule has 1 saturated carbocycles. The van der Waals surface area contributed by atoms with Gasteiger partial charge in [-0.05, 0) is 5.54 Å². The van der Waals surface area contributed by atoms with Crippen molar-refractivity contribution in [2.45, 2.75) is 63.7 Å². The topological polar surface area (TPSA) is 0 Å². The van der Waals surface area contributed by atoms with Crippen molar-refractivity contribution in [3.05, 3.63) is 0 Å². The summed E-state index contributed by atoms with van der Waals surface area (Å²) >= 11 is 0. The Bertz CT molecular complexity index is 110. The van der Waals surface area contributed by atoms with E-state index in [0.29, 0.717) is 0 Å². The Labute approximate surface area is 72.4 Å². The highest BCUT2D eigenvalue weighted by atomic mass is 28.3. The maximum atomic E-state index is 2.61. The Kier molecular flexibility index (Phi) is 3.17. The Morgan fingerprint density at radius 3 is 1.91 bits per heavy atom. The molecule has 0 atom stereocenters. The van der Waals surface area contributed by atoms with Crippen molar-refractivity contribution in [2.24, 2.45) is 0 Å². The van der Waals surface area contributed by atoms with E-state index in [0.717, 1.165) is 0 Å². The lowest BCUT2D eigenvalue weighted by molar-refractivity contribution is 0.819. The summed E-state index contributed by atoms with van der Waals surface area (Å²) in [4.78, 5) is 0. The van der Waals surface area contributed by atoms with Gasteiger partial charge in [0.25, 0.3) is 0 Å². The molecule has 0 nitrogen and oxygen atoms in total. The third-order valence-corrected chi connectivity index (χ3v) is 9.74. The molecule has 0 heterocycles. The van der Waals surface area contributed by atoms with E-state index >= 15 is 0 Å². The van der Waals surface area contributed by atoms with Gasteiger partial charge in [-0.2, -0.15) is 0 Å². The van der Waals surface area contributed by atoms with Gasteiger partial charge >= 0.3 is 0 Å². The average Bonchev–Trinajstić information content (AvgIpc) is 2.55. The molecular weight excluding hydrogens is 148 g/mol. The second kappa shape index (κ2) is 3.75. The highest BCUT2D eigenvalue weighted by Gasteiger charge is 2.34. The molecule has 0 N–H and O–H groups in total. The van der Waals surface area contributed by atoms with Crippen LogP contribution < -0.4 is 0 Å². The summed E-state index contributed by atoms with van der Waals surface area (Å²) in [7, 11) is -0.764. The van der Waals surface area contributed by atoms with E-state index in [1.165, 1.54) is 30.5 Å². The fourth-order valence-electron chi connectivity index (χ4n) is 2.45. The Balaban J connectivity index is 2.52. The molecule has 0 aliphatic heterocycles. The van der Waals surface area contributed by atoms with E-state index in [1.807, 2.05) is 0 Å². The minimum Gasteiger partial charge on any atom is -0.0690 e. The van der Waals surface area contributed by atoms with Crippen molar-refractivity contribution < 1.29 is 0 Å². The second-order valence-electron chi connectivity index (χ2n) is 4.34. The van der Waals surface area contributed by atoms with Crippen LogP contribution in [0.2, 0.25) is 24.2 Å². The van der Waals surface area contributed by atoms with Gasteiger partial charge in [0.2, 0.25) is 0 Å². The lowest BCUT2D eigenvalue weighted by Gasteiger charge is -2.31.